The van der Waals surface area contributed by atoms with Gasteiger partial charge in [0.25, 0.3) is 5.91 Å². The van der Waals surface area contributed by atoms with E-state index in [1.807, 2.05) is 0 Å². The van der Waals surface area contributed by atoms with Crippen LogP contribution in [0.4, 0.5) is 4.39 Å². The number of halogens is 1. The zero-order valence-corrected chi connectivity index (χ0v) is 15.3. The molecule has 142 valence electrons. The fourth-order valence-corrected chi connectivity index (χ4v) is 2.23. The van der Waals surface area contributed by atoms with Crippen LogP contribution in [0.1, 0.15) is 10.4 Å². The highest BCUT2D eigenvalue weighted by molar-refractivity contribution is 5.95. The van der Waals surface area contributed by atoms with Gasteiger partial charge in [-0.25, -0.2) is 4.39 Å². The third-order valence-electron chi connectivity index (χ3n) is 3.53. The summed E-state index contributed by atoms with van der Waals surface area (Å²) in [6, 6.07) is 9.16. The molecule has 27 heavy (non-hydrogen) atoms. The molecule has 2 aromatic carbocycles. The molecule has 0 aromatic heterocycles. The van der Waals surface area contributed by atoms with E-state index in [1.54, 1.807) is 24.3 Å². The lowest BCUT2D eigenvalue weighted by Gasteiger charge is -2.13. The van der Waals surface area contributed by atoms with Crippen LogP contribution in [-0.4, -0.2) is 40.4 Å². The van der Waals surface area contributed by atoms with Crippen LogP contribution < -0.4 is 24.3 Å². The zero-order valence-electron chi connectivity index (χ0n) is 15.3. The zero-order chi connectivity index (χ0) is 19.6. The third-order valence-corrected chi connectivity index (χ3v) is 3.53. The fourth-order valence-electron chi connectivity index (χ4n) is 2.23. The summed E-state index contributed by atoms with van der Waals surface area (Å²) in [4.78, 5) is 12.3. The summed E-state index contributed by atoms with van der Waals surface area (Å²) >= 11 is 0. The molecule has 2 aromatic rings. The minimum Gasteiger partial charge on any atom is -0.493 e. The van der Waals surface area contributed by atoms with Gasteiger partial charge in [0.15, 0.2) is 23.1 Å². The van der Waals surface area contributed by atoms with Crippen LogP contribution in [0.2, 0.25) is 0 Å². The second-order valence-electron chi connectivity index (χ2n) is 5.17. The summed E-state index contributed by atoms with van der Waals surface area (Å²) < 4.78 is 34.2. The normalized spacial score (nSPS) is 9.63. The molecular formula is C20H20FNO5. The van der Waals surface area contributed by atoms with E-state index in [0.29, 0.717) is 22.8 Å². The van der Waals surface area contributed by atoms with Crippen molar-refractivity contribution in [1.82, 2.24) is 5.32 Å². The molecule has 0 saturated carbocycles. The minimum absolute atomic E-state index is 0.0149. The summed E-state index contributed by atoms with van der Waals surface area (Å²) in [5, 5.41) is 2.66. The van der Waals surface area contributed by atoms with Crippen molar-refractivity contribution in [2.24, 2.45) is 0 Å². The molecule has 0 radical (unpaired) electrons. The highest BCUT2D eigenvalue weighted by Gasteiger charge is 2.16. The lowest BCUT2D eigenvalue weighted by molar-refractivity contribution is 0.0958. The Labute approximate surface area is 157 Å². The highest BCUT2D eigenvalue weighted by Crippen LogP contribution is 2.38. The lowest BCUT2D eigenvalue weighted by Crippen LogP contribution is -2.23. The number of carbonyl (C=O) groups excluding carboxylic acids is 1. The molecular weight excluding hydrogens is 353 g/mol. The standard InChI is InChI=1S/C20H20FNO5/c1-24-17-12-14(13-18(25-2)19(17)26-3)20(23)22-10-6-7-11-27-16-9-5-4-8-15(16)21/h4-5,8-9,12-13H,10-11H2,1-3H3,(H,22,23). The number of methoxy groups -OCH3 is 3. The van der Waals surface area contributed by atoms with Gasteiger partial charge in [0.05, 0.1) is 27.9 Å². The number of ether oxygens (including phenoxy) is 4. The predicted molar refractivity (Wildman–Crippen MR) is 98.1 cm³/mol. The summed E-state index contributed by atoms with van der Waals surface area (Å²) in [5.41, 5.74) is 0.342. The SMILES string of the molecule is COc1cc(C(=O)NCC#CCOc2ccccc2F)cc(OC)c1OC. The van der Waals surface area contributed by atoms with E-state index in [-0.39, 0.29) is 24.8 Å². The quantitative estimate of drug-likeness (QED) is 0.756. The average molecular weight is 373 g/mol. The summed E-state index contributed by atoms with van der Waals surface area (Å²) in [7, 11) is 4.43. The number of amides is 1. The predicted octanol–water partition coefficient (Wildman–Crippen LogP) is 2.66. The topological polar surface area (TPSA) is 66.0 Å². The maximum absolute atomic E-state index is 13.4. The van der Waals surface area contributed by atoms with E-state index in [2.05, 4.69) is 17.2 Å². The molecule has 0 bridgehead atoms. The number of nitrogens with one attached hydrogen (secondary N) is 1. The van der Waals surface area contributed by atoms with Gasteiger partial charge in [0, 0.05) is 5.56 Å². The number of rotatable bonds is 7. The highest BCUT2D eigenvalue weighted by atomic mass is 19.1. The number of carbonyl (C=O) groups is 1. The number of benzene rings is 2. The maximum atomic E-state index is 13.4. The lowest BCUT2D eigenvalue weighted by atomic mass is 10.1. The summed E-state index contributed by atoms with van der Waals surface area (Å²) in [5.74, 6) is 5.95. The molecule has 0 aliphatic heterocycles. The van der Waals surface area contributed by atoms with Crippen molar-refractivity contribution in [1.29, 1.82) is 0 Å². The van der Waals surface area contributed by atoms with Crippen LogP contribution in [0.25, 0.3) is 0 Å². The van der Waals surface area contributed by atoms with Gasteiger partial charge in [-0.2, -0.15) is 0 Å². The van der Waals surface area contributed by atoms with E-state index in [9.17, 15) is 9.18 Å². The first-order valence-electron chi connectivity index (χ1n) is 8.02. The second-order valence-corrected chi connectivity index (χ2v) is 5.17. The van der Waals surface area contributed by atoms with Crippen molar-refractivity contribution >= 4 is 5.91 Å². The molecule has 0 spiro atoms. The molecule has 6 nitrogen and oxygen atoms in total. The van der Waals surface area contributed by atoms with Crippen LogP contribution >= 0.6 is 0 Å². The third kappa shape index (κ3) is 5.28. The van der Waals surface area contributed by atoms with Crippen molar-refractivity contribution in [3.63, 3.8) is 0 Å². The summed E-state index contributed by atoms with van der Waals surface area (Å²) in [6.45, 7) is 0.122. The molecule has 2 rings (SSSR count). The Morgan fingerprint density at radius 2 is 1.67 bits per heavy atom. The van der Waals surface area contributed by atoms with Crippen molar-refractivity contribution in [3.8, 4) is 34.8 Å². The first-order valence-corrected chi connectivity index (χ1v) is 8.02. The number of hydrogen-bond donors (Lipinski definition) is 1. The Kier molecular flexibility index (Phi) is 7.32. The van der Waals surface area contributed by atoms with Gasteiger partial charge in [0.1, 0.15) is 6.61 Å². The average Bonchev–Trinajstić information content (AvgIpc) is 2.70. The van der Waals surface area contributed by atoms with Gasteiger partial charge >= 0.3 is 0 Å². The van der Waals surface area contributed by atoms with Crippen LogP contribution in [0.15, 0.2) is 36.4 Å². The molecule has 0 unspecified atom stereocenters. The first kappa shape index (κ1) is 19.9. The van der Waals surface area contributed by atoms with Gasteiger partial charge in [-0.1, -0.05) is 24.0 Å². The van der Waals surface area contributed by atoms with E-state index < -0.39 is 5.82 Å². The van der Waals surface area contributed by atoms with E-state index in [1.165, 1.54) is 33.5 Å². The Morgan fingerprint density at radius 3 is 2.26 bits per heavy atom. The molecule has 1 N–H and O–H groups in total. The molecule has 7 heteroatoms. The summed E-state index contributed by atoms with van der Waals surface area (Å²) in [6.07, 6.45) is 0. The Morgan fingerprint density at radius 1 is 1.00 bits per heavy atom. The van der Waals surface area contributed by atoms with Crippen molar-refractivity contribution < 1.29 is 28.1 Å². The molecule has 0 fully saturated rings. The maximum Gasteiger partial charge on any atom is 0.252 e. The molecule has 0 heterocycles. The van der Waals surface area contributed by atoms with Gasteiger partial charge in [0.2, 0.25) is 5.75 Å². The van der Waals surface area contributed by atoms with Crippen LogP contribution in [-0.2, 0) is 0 Å². The molecule has 0 aliphatic rings. The number of para-hydroxylation sites is 1. The van der Waals surface area contributed by atoms with Crippen molar-refractivity contribution in [2.75, 3.05) is 34.5 Å². The van der Waals surface area contributed by atoms with Crippen molar-refractivity contribution in [3.05, 3.63) is 47.8 Å². The molecule has 0 saturated heterocycles. The van der Waals surface area contributed by atoms with Crippen LogP contribution in [0.3, 0.4) is 0 Å². The second kappa shape index (κ2) is 9.92. The van der Waals surface area contributed by atoms with Crippen LogP contribution in [0.5, 0.6) is 23.0 Å². The monoisotopic (exact) mass is 373 g/mol. The molecule has 0 atom stereocenters. The number of hydrogen-bond acceptors (Lipinski definition) is 5. The van der Waals surface area contributed by atoms with Gasteiger partial charge in [-0.3, -0.25) is 4.79 Å². The Bertz CT molecular complexity index is 832. The van der Waals surface area contributed by atoms with Gasteiger partial charge in [-0.15, -0.1) is 0 Å². The smallest absolute Gasteiger partial charge is 0.252 e. The molecule has 0 aliphatic carbocycles. The van der Waals surface area contributed by atoms with E-state index >= 15 is 0 Å². The Hall–Kier alpha value is -3.40. The first-order chi connectivity index (χ1) is 13.1. The molecule has 1 amide bonds. The van der Waals surface area contributed by atoms with Crippen molar-refractivity contribution in [2.45, 2.75) is 0 Å². The van der Waals surface area contributed by atoms with Gasteiger partial charge < -0.3 is 24.3 Å². The fraction of sp³-hybridized carbons (Fsp3) is 0.250. The largest absolute Gasteiger partial charge is 0.493 e. The van der Waals surface area contributed by atoms with Gasteiger partial charge in [-0.05, 0) is 24.3 Å². The Balaban J connectivity index is 1.92. The van der Waals surface area contributed by atoms with Crippen LogP contribution in [0, 0.1) is 17.7 Å². The van der Waals surface area contributed by atoms with E-state index in [4.69, 9.17) is 18.9 Å². The van der Waals surface area contributed by atoms with E-state index in [0.717, 1.165) is 0 Å². The minimum atomic E-state index is -0.449.